The van der Waals surface area contributed by atoms with Crippen molar-refractivity contribution in [2.24, 2.45) is 0 Å². The van der Waals surface area contributed by atoms with Crippen LogP contribution in [-0.4, -0.2) is 19.5 Å². The van der Waals surface area contributed by atoms with Crippen LogP contribution in [0.15, 0.2) is 47.4 Å². The molecule has 22 heavy (non-hydrogen) atoms. The molecule has 6 heteroatoms. The first-order chi connectivity index (χ1) is 10.4. The van der Waals surface area contributed by atoms with Gasteiger partial charge in [-0.3, -0.25) is 4.72 Å². The molecule has 0 saturated carbocycles. The summed E-state index contributed by atoms with van der Waals surface area (Å²) in [5.41, 5.74) is 1.43. The Bertz CT molecular complexity index is 813. The molecule has 0 heterocycles. The molecule has 0 aromatic heterocycles. The number of hydrogen-bond acceptors (Lipinski definition) is 3. The molecule has 0 bridgehead atoms. The largest absolute Gasteiger partial charge is 0.478 e. The smallest absolute Gasteiger partial charge is 0.336 e. The molecule has 0 aliphatic carbocycles. The van der Waals surface area contributed by atoms with Gasteiger partial charge in [-0.1, -0.05) is 31.2 Å². The van der Waals surface area contributed by atoms with E-state index in [1.165, 1.54) is 18.2 Å². The first kappa shape index (κ1) is 16.0. The molecule has 2 N–H and O–H groups in total. The Morgan fingerprint density at radius 2 is 1.82 bits per heavy atom. The fourth-order valence-corrected chi connectivity index (χ4v) is 3.67. The van der Waals surface area contributed by atoms with Crippen LogP contribution in [0.25, 0.3) is 0 Å². The Labute approximate surface area is 129 Å². The normalized spacial score (nSPS) is 11.2. The number of rotatable bonds is 5. The van der Waals surface area contributed by atoms with Crippen molar-refractivity contribution in [2.45, 2.75) is 25.2 Å². The third-order valence-electron chi connectivity index (χ3n) is 3.45. The lowest BCUT2D eigenvalue weighted by molar-refractivity contribution is 0.0696. The van der Waals surface area contributed by atoms with Crippen molar-refractivity contribution in [1.29, 1.82) is 0 Å². The number of benzene rings is 2. The Morgan fingerprint density at radius 1 is 1.14 bits per heavy atom. The van der Waals surface area contributed by atoms with Crippen LogP contribution in [0.2, 0.25) is 0 Å². The van der Waals surface area contributed by atoms with Crippen LogP contribution in [0.4, 0.5) is 5.69 Å². The van der Waals surface area contributed by atoms with E-state index in [4.69, 9.17) is 5.11 Å². The molecule has 0 aliphatic rings. The van der Waals surface area contributed by atoms with E-state index >= 15 is 0 Å². The van der Waals surface area contributed by atoms with Crippen molar-refractivity contribution < 1.29 is 18.3 Å². The van der Waals surface area contributed by atoms with Gasteiger partial charge in [-0.15, -0.1) is 0 Å². The van der Waals surface area contributed by atoms with Crippen LogP contribution in [0, 0.1) is 6.92 Å². The van der Waals surface area contributed by atoms with Gasteiger partial charge in [0.25, 0.3) is 10.0 Å². The summed E-state index contributed by atoms with van der Waals surface area (Å²) < 4.78 is 27.6. The molecule has 0 unspecified atom stereocenters. The number of hydrogen-bond donors (Lipinski definition) is 2. The Morgan fingerprint density at radius 3 is 2.45 bits per heavy atom. The van der Waals surface area contributed by atoms with Gasteiger partial charge >= 0.3 is 5.97 Å². The lowest BCUT2D eigenvalue weighted by Crippen LogP contribution is -2.16. The van der Waals surface area contributed by atoms with E-state index in [0.717, 1.165) is 0 Å². The molecular weight excluding hydrogens is 302 g/mol. The first-order valence-electron chi connectivity index (χ1n) is 6.80. The van der Waals surface area contributed by atoms with Crippen LogP contribution >= 0.6 is 0 Å². The standard InChI is InChI=1S/C16H17NO4S/c1-3-12-7-4-5-10-15(12)22(20,21)17-14-9-6-8-13(11(14)2)16(18)19/h4-10,17H,3H2,1-2H3,(H,18,19). The molecule has 2 aromatic carbocycles. The van der Waals surface area contributed by atoms with Gasteiger partial charge in [-0.2, -0.15) is 0 Å². The molecule has 2 aromatic rings. The quantitative estimate of drug-likeness (QED) is 0.887. The zero-order valence-corrected chi connectivity index (χ0v) is 13.1. The highest BCUT2D eigenvalue weighted by Gasteiger charge is 2.19. The number of aromatic carboxylic acids is 1. The molecule has 2 rings (SSSR count). The van der Waals surface area contributed by atoms with Gasteiger partial charge in [0.15, 0.2) is 0 Å². The summed E-state index contributed by atoms with van der Waals surface area (Å²) in [6.07, 6.45) is 0.589. The van der Waals surface area contributed by atoms with Crippen molar-refractivity contribution in [3.05, 3.63) is 59.2 Å². The third kappa shape index (κ3) is 3.12. The van der Waals surface area contributed by atoms with Crippen LogP contribution in [0.5, 0.6) is 0 Å². The highest BCUT2D eigenvalue weighted by Crippen LogP contribution is 2.24. The number of carboxylic acids is 1. The number of aryl methyl sites for hydroxylation is 1. The molecule has 0 amide bonds. The van der Waals surface area contributed by atoms with Crippen LogP contribution in [-0.2, 0) is 16.4 Å². The molecular formula is C16H17NO4S. The SMILES string of the molecule is CCc1ccccc1S(=O)(=O)Nc1cccc(C(=O)O)c1C. The number of carbonyl (C=O) groups is 1. The Hall–Kier alpha value is -2.34. The van der Waals surface area contributed by atoms with E-state index in [-0.39, 0.29) is 16.1 Å². The summed E-state index contributed by atoms with van der Waals surface area (Å²) in [5.74, 6) is -1.09. The van der Waals surface area contributed by atoms with Crippen molar-refractivity contribution in [3.63, 3.8) is 0 Å². The van der Waals surface area contributed by atoms with Gasteiger partial charge in [0.1, 0.15) is 0 Å². The number of sulfonamides is 1. The predicted molar refractivity (Wildman–Crippen MR) is 84.8 cm³/mol. The van der Waals surface area contributed by atoms with E-state index < -0.39 is 16.0 Å². The number of anilines is 1. The minimum atomic E-state index is -3.76. The average molecular weight is 319 g/mol. The summed E-state index contributed by atoms with van der Waals surface area (Å²) in [6, 6.07) is 11.2. The van der Waals surface area contributed by atoms with Crippen LogP contribution in [0.3, 0.4) is 0 Å². The maximum atomic E-state index is 12.6. The van der Waals surface area contributed by atoms with Gasteiger partial charge in [0, 0.05) is 0 Å². The van der Waals surface area contributed by atoms with E-state index in [1.54, 1.807) is 31.2 Å². The zero-order chi connectivity index (χ0) is 16.3. The van der Waals surface area contributed by atoms with Crippen molar-refractivity contribution in [3.8, 4) is 0 Å². The van der Waals surface area contributed by atoms with Crippen molar-refractivity contribution in [2.75, 3.05) is 4.72 Å². The Kier molecular flexibility index (Phi) is 4.51. The van der Waals surface area contributed by atoms with Gasteiger partial charge in [-0.05, 0) is 42.7 Å². The van der Waals surface area contributed by atoms with Gasteiger partial charge < -0.3 is 5.11 Å². The first-order valence-corrected chi connectivity index (χ1v) is 8.28. The second-order valence-corrected chi connectivity index (χ2v) is 6.50. The number of carboxylic acid groups (broad SMARTS) is 1. The van der Waals surface area contributed by atoms with E-state index in [1.807, 2.05) is 6.92 Å². The van der Waals surface area contributed by atoms with Crippen molar-refractivity contribution >= 4 is 21.7 Å². The molecule has 116 valence electrons. The highest BCUT2D eigenvalue weighted by atomic mass is 32.2. The predicted octanol–water partition coefficient (Wildman–Crippen LogP) is 3.06. The fourth-order valence-electron chi connectivity index (χ4n) is 2.24. The Balaban J connectivity index is 2.46. The molecule has 0 spiro atoms. The molecule has 0 atom stereocenters. The van der Waals surface area contributed by atoms with Crippen LogP contribution < -0.4 is 4.72 Å². The van der Waals surface area contributed by atoms with Crippen LogP contribution in [0.1, 0.15) is 28.4 Å². The summed E-state index contributed by atoms with van der Waals surface area (Å²) in [6.45, 7) is 3.46. The summed E-state index contributed by atoms with van der Waals surface area (Å²) in [5, 5.41) is 9.11. The lowest BCUT2D eigenvalue weighted by atomic mass is 10.1. The van der Waals surface area contributed by atoms with Gasteiger partial charge in [0.05, 0.1) is 16.1 Å². The average Bonchev–Trinajstić information content (AvgIpc) is 2.49. The highest BCUT2D eigenvalue weighted by molar-refractivity contribution is 7.92. The second kappa shape index (κ2) is 6.19. The summed E-state index contributed by atoms with van der Waals surface area (Å²) >= 11 is 0. The molecule has 0 fully saturated rings. The maximum Gasteiger partial charge on any atom is 0.336 e. The molecule has 5 nitrogen and oxygen atoms in total. The second-order valence-electron chi connectivity index (χ2n) is 4.85. The molecule has 0 aliphatic heterocycles. The molecule has 0 radical (unpaired) electrons. The lowest BCUT2D eigenvalue weighted by Gasteiger charge is -2.14. The van der Waals surface area contributed by atoms with E-state index in [9.17, 15) is 13.2 Å². The van der Waals surface area contributed by atoms with Gasteiger partial charge in [-0.25, -0.2) is 13.2 Å². The number of nitrogens with one attached hydrogen (secondary N) is 1. The van der Waals surface area contributed by atoms with Gasteiger partial charge in [0.2, 0.25) is 0 Å². The monoisotopic (exact) mass is 319 g/mol. The fraction of sp³-hybridized carbons (Fsp3) is 0.188. The summed E-state index contributed by atoms with van der Waals surface area (Å²) in [7, 11) is -3.76. The summed E-state index contributed by atoms with van der Waals surface area (Å²) in [4.78, 5) is 11.3. The minimum absolute atomic E-state index is 0.0731. The van der Waals surface area contributed by atoms with Crippen molar-refractivity contribution in [1.82, 2.24) is 0 Å². The third-order valence-corrected chi connectivity index (χ3v) is 4.92. The maximum absolute atomic E-state index is 12.6. The van der Waals surface area contributed by atoms with E-state index in [2.05, 4.69) is 4.72 Å². The zero-order valence-electron chi connectivity index (χ0n) is 12.3. The molecule has 0 saturated heterocycles. The minimum Gasteiger partial charge on any atom is -0.478 e. The topological polar surface area (TPSA) is 83.5 Å². The van der Waals surface area contributed by atoms with E-state index in [0.29, 0.717) is 17.5 Å².